The smallest absolute Gasteiger partial charge is 0.248 e. The van der Waals surface area contributed by atoms with Gasteiger partial charge >= 0.3 is 0 Å². The van der Waals surface area contributed by atoms with Gasteiger partial charge in [0.05, 0.1) is 10.1 Å². The van der Waals surface area contributed by atoms with E-state index in [2.05, 4.69) is 5.32 Å². The van der Waals surface area contributed by atoms with E-state index in [4.69, 9.17) is 0 Å². The van der Waals surface area contributed by atoms with Gasteiger partial charge in [-0.15, -0.1) is 11.3 Å². The first-order chi connectivity index (χ1) is 11.6. The van der Waals surface area contributed by atoms with Crippen LogP contribution in [0.2, 0.25) is 0 Å². The van der Waals surface area contributed by atoms with Crippen molar-refractivity contribution in [3.63, 3.8) is 0 Å². The average Bonchev–Trinajstić information content (AvgIpc) is 3.27. The minimum absolute atomic E-state index is 0.241. The number of hydrogen-bond donors (Lipinski definition) is 1. The van der Waals surface area contributed by atoms with Crippen LogP contribution < -0.4 is 5.32 Å². The predicted molar refractivity (Wildman–Crippen MR) is 97.9 cm³/mol. The first-order valence-electron chi connectivity index (χ1n) is 7.92. The van der Waals surface area contributed by atoms with Crippen LogP contribution in [0, 0.1) is 0 Å². The van der Waals surface area contributed by atoms with E-state index in [1.54, 1.807) is 41.7 Å². The largest absolute Gasteiger partial charge is 0.323 e. The Labute approximate surface area is 146 Å². The maximum atomic E-state index is 12.5. The lowest BCUT2D eigenvalue weighted by molar-refractivity contribution is -0.111. The Morgan fingerprint density at radius 1 is 1.12 bits per heavy atom. The number of nitrogens with one attached hydrogen (secondary N) is 1. The summed E-state index contributed by atoms with van der Waals surface area (Å²) in [6.45, 7) is 0. The van der Waals surface area contributed by atoms with Crippen LogP contribution in [0.15, 0.2) is 52.7 Å². The summed E-state index contributed by atoms with van der Waals surface area (Å²) in [4.78, 5) is 13.2. The topological polar surface area (TPSA) is 63.2 Å². The second-order valence-corrected chi connectivity index (χ2v) is 9.02. The number of benzene rings is 1. The van der Waals surface area contributed by atoms with Crippen molar-refractivity contribution in [1.82, 2.24) is 0 Å². The molecule has 3 rings (SSSR count). The standard InChI is InChI=1S/C18H19NO3S2/c20-18(12-9-15-4-3-13-23-15)19-14-7-10-17(11-8-14)24(21,22)16-5-1-2-6-16/h3-4,7-13,16H,1-2,5-6H2,(H,19,20)/b12-9+. The van der Waals surface area contributed by atoms with E-state index in [1.165, 1.54) is 6.08 Å². The van der Waals surface area contributed by atoms with Crippen molar-refractivity contribution in [2.45, 2.75) is 35.8 Å². The Hall–Kier alpha value is -1.92. The zero-order chi connectivity index (χ0) is 17.0. The lowest BCUT2D eigenvalue weighted by Crippen LogP contribution is -2.17. The summed E-state index contributed by atoms with van der Waals surface area (Å²) in [6.07, 6.45) is 6.67. The summed E-state index contributed by atoms with van der Waals surface area (Å²) in [5, 5.41) is 4.42. The normalized spacial score (nSPS) is 15.8. The van der Waals surface area contributed by atoms with E-state index >= 15 is 0 Å². The van der Waals surface area contributed by atoms with Gasteiger partial charge in [0.15, 0.2) is 9.84 Å². The minimum atomic E-state index is -3.25. The fourth-order valence-corrected chi connectivity index (χ4v) is 5.32. The van der Waals surface area contributed by atoms with Crippen LogP contribution in [0.4, 0.5) is 5.69 Å². The molecule has 0 radical (unpaired) electrons. The van der Waals surface area contributed by atoms with Gasteiger partial charge in [-0.3, -0.25) is 4.79 Å². The molecule has 0 aliphatic heterocycles. The zero-order valence-electron chi connectivity index (χ0n) is 13.1. The molecule has 0 spiro atoms. The number of hydrogen-bond acceptors (Lipinski definition) is 4. The van der Waals surface area contributed by atoms with E-state index in [0.29, 0.717) is 10.6 Å². The lowest BCUT2D eigenvalue weighted by atomic mass is 10.3. The van der Waals surface area contributed by atoms with Gasteiger partial charge < -0.3 is 5.32 Å². The van der Waals surface area contributed by atoms with Crippen molar-refractivity contribution >= 4 is 38.8 Å². The first kappa shape index (κ1) is 16.9. The summed E-state index contributed by atoms with van der Waals surface area (Å²) in [5.41, 5.74) is 0.584. The number of thiophene rings is 1. The van der Waals surface area contributed by atoms with Crippen molar-refractivity contribution in [2.75, 3.05) is 5.32 Å². The van der Waals surface area contributed by atoms with Crippen LogP contribution in [0.3, 0.4) is 0 Å². The quantitative estimate of drug-likeness (QED) is 0.815. The van der Waals surface area contributed by atoms with Crippen LogP contribution in [0.25, 0.3) is 6.08 Å². The molecular formula is C18H19NO3S2. The molecule has 0 saturated heterocycles. The lowest BCUT2D eigenvalue weighted by Gasteiger charge is -2.11. The maximum Gasteiger partial charge on any atom is 0.248 e. The molecule has 1 heterocycles. The van der Waals surface area contributed by atoms with Gasteiger partial charge in [0.25, 0.3) is 0 Å². The van der Waals surface area contributed by atoms with Gasteiger partial charge in [-0.05, 0) is 54.6 Å². The molecule has 6 heteroatoms. The van der Waals surface area contributed by atoms with E-state index in [0.717, 1.165) is 30.6 Å². The molecule has 2 aromatic rings. The highest BCUT2D eigenvalue weighted by atomic mass is 32.2. The van der Waals surface area contributed by atoms with Crippen LogP contribution in [0.1, 0.15) is 30.6 Å². The maximum absolute atomic E-state index is 12.5. The van der Waals surface area contributed by atoms with Crippen LogP contribution >= 0.6 is 11.3 Å². The van der Waals surface area contributed by atoms with Crippen molar-refractivity contribution in [3.05, 3.63) is 52.7 Å². The van der Waals surface area contributed by atoms with E-state index < -0.39 is 9.84 Å². The number of amides is 1. The summed E-state index contributed by atoms with van der Waals surface area (Å²) in [7, 11) is -3.25. The van der Waals surface area contributed by atoms with Crippen LogP contribution in [0.5, 0.6) is 0 Å². The molecule has 1 aliphatic carbocycles. The van der Waals surface area contributed by atoms with E-state index in [9.17, 15) is 13.2 Å². The van der Waals surface area contributed by atoms with Crippen molar-refractivity contribution in [1.29, 1.82) is 0 Å². The average molecular weight is 361 g/mol. The SMILES string of the molecule is O=C(/C=C/c1cccs1)Nc1ccc(S(=O)(=O)C2CCCC2)cc1. The highest BCUT2D eigenvalue weighted by Crippen LogP contribution is 2.30. The molecule has 1 fully saturated rings. The molecule has 1 saturated carbocycles. The molecule has 126 valence electrons. The molecule has 0 bridgehead atoms. The Morgan fingerprint density at radius 2 is 1.83 bits per heavy atom. The second kappa shape index (κ2) is 7.32. The predicted octanol–water partition coefficient (Wildman–Crippen LogP) is 4.12. The molecule has 24 heavy (non-hydrogen) atoms. The first-order valence-corrected chi connectivity index (χ1v) is 10.3. The summed E-state index contributed by atoms with van der Waals surface area (Å²) < 4.78 is 25.0. The van der Waals surface area contributed by atoms with Crippen LogP contribution in [-0.2, 0) is 14.6 Å². The Kier molecular flexibility index (Phi) is 5.16. The number of carbonyl (C=O) groups excluding carboxylic acids is 1. The molecule has 1 N–H and O–H groups in total. The Balaban J connectivity index is 1.65. The summed E-state index contributed by atoms with van der Waals surface area (Å²) >= 11 is 1.55. The summed E-state index contributed by atoms with van der Waals surface area (Å²) in [5.74, 6) is -0.241. The Bertz CT molecular complexity index is 816. The van der Waals surface area contributed by atoms with Crippen molar-refractivity contribution in [2.24, 2.45) is 0 Å². The van der Waals surface area contributed by atoms with Crippen molar-refractivity contribution in [3.8, 4) is 0 Å². The third-order valence-corrected chi connectivity index (χ3v) is 7.25. The number of carbonyl (C=O) groups is 1. The van der Waals surface area contributed by atoms with Gasteiger partial charge in [0.1, 0.15) is 0 Å². The van der Waals surface area contributed by atoms with Gasteiger partial charge in [0, 0.05) is 16.6 Å². The van der Waals surface area contributed by atoms with Crippen molar-refractivity contribution < 1.29 is 13.2 Å². The van der Waals surface area contributed by atoms with Gasteiger partial charge in [0.2, 0.25) is 5.91 Å². The van der Waals surface area contributed by atoms with E-state index in [1.807, 2.05) is 17.5 Å². The molecule has 0 atom stereocenters. The zero-order valence-corrected chi connectivity index (χ0v) is 14.8. The molecule has 1 aromatic heterocycles. The van der Waals surface area contributed by atoms with Gasteiger partial charge in [-0.25, -0.2) is 8.42 Å². The Morgan fingerprint density at radius 3 is 2.46 bits per heavy atom. The minimum Gasteiger partial charge on any atom is -0.323 e. The highest BCUT2D eigenvalue weighted by molar-refractivity contribution is 7.92. The fourth-order valence-electron chi connectivity index (χ4n) is 2.85. The third-order valence-electron chi connectivity index (χ3n) is 4.13. The third kappa shape index (κ3) is 3.94. The monoisotopic (exact) mass is 361 g/mol. The molecule has 4 nitrogen and oxygen atoms in total. The number of anilines is 1. The molecule has 1 aromatic carbocycles. The van der Waals surface area contributed by atoms with E-state index in [-0.39, 0.29) is 11.2 Å². The summed E-state index contributed by atoms with van der Waals surface area (Å²) in [6, 6.07) is 10.3. The van der Waals surface area contributed by atoms with Gasteiger partial charge in [-0.1, -0.05) is 18.9 Å². The number of rotatable bonds is 5. The van der Waals surface area contributed by atoms with Gasteiger partial charge in [-0.2, -0.15) is 0 Å². The van der Waals surface area contributed by atoms with Crippen LogP contribution in [-0.4, -0.2) is 19.6 Å². The second-order valence-electron chi connectivity index (χ2n) is 5.81. The molecule has 1 amide bonds. The molecular weight excluding hydrogens is 342 g/mol. The molecule has 0 unspecified atom stereocenters. The number of sulfone groups is 1. The molecule has 1 aliphatic rings. The fraction of sp³-hybridized carbons (Fsp3) is 0.278. The highest BCUT2D eigenvalue weighted by Gasteiger charge is 2.30.